The Morgan fingerprint density at radius 1 is 0.985 bits per heavy atom. The minimum atomic E-state index is -2.03. The quantitative estimate of drug-likeness (QED) is 0.0761. The molecule has 4 aliphatic heterocycles. The van der Waals surface area contributed by atoms with Crippen LogP contribution in [0.3, 0.4) is 0 Å². The number of piperidine rings is 1. The zero-order valence-electron chi connectivity index (χ0n) is 38.4. The fourth-order valence-electron chi connectivity index (χ4n) is 9.22. The summed E-state index contributed by atoms with van der Waals surface area (Å²) in [6.45, 7) is 16.7. The van der Waals surface area contributed by atoms with Gasteiger partial charge in [0.25, 0.3) is 11.7 Å². The summed E-state index contributed by atoms with van der Waals surface area (Å²) < 4.78 is 24.4. The van der Waals surface area contributed by atoms with Crippen LogP contribution in [0.25, 0.3) is 10.8 Å². The molecule has 6 rings (SSSR count). The minimum absolute atomic E-state index is 0.00615. The maximum absolute atomic E-state index is 14.8. The molecule has 4 bridgehead atoms. The van der Waals surface area contributed by atoms with E-state index in [-0.39, 0.29) is 43.9 Å². The summed E-state index contributed by atoms with van der Waals surface area (Å²) in [7, 11) is 1.39. The average molecular weight is 1020 g/mol. The number of benzene rings is 2. The number of amides is 1. The first kappa shape index (κ1) is 49.8. The van der Waals surface area contributed by atoms with Gasteiger partial charge < -0.3 is 54.7 Å². The van der Waals surface area contributed by atoms with Crippen molar-refractivity contribution in [2.45, 2.75) is 115 Å². The van der Waals surface area contributed by atoms with Crippen molar-refractivity contribution >= 4 is 62.7 Å². The molecule has 2 aromatic rings. The standard InChI is InChI=1S/C47H61IN4O13/c1-21-12-11-13-22(2)43(58)49-35-34-33(50-47(51-34)15-17-52(18-16-47)20-23(3)48)30-31(39(35)56)38(55)27(7)41-32(30)42(57)46(9,65-41)63-19-14-29(62-10)24(4)40(64-45(61)28(8)44(59)60)26(6)37(54)25(5)36(21)53/h11-14,19,21,23-26,28-29,36-37,40,50,53-56H,15-18,20H2,1-10H3,(H,59,60)/b12-11+,19-14+,22-13-,49-35?/t21-,23?,24+,25+,26+,28?,29-,36-,37+,40+,46-/m0/s1. The maximum atomic E-state index is 14.8. The predicted octanol–water partition coefficient (Wildman–Crippen LogP) is 4.62. The van der Waals surface area contributed by atoms with Gasteiger partial charge in [-0.2, -0.15) is 0 Å². The van der Waals surface area contributed by atoms with Gasteiger partial charge in [0.1, 0.15) is 34.0 Å². The van der Waals surface area contributed by atoms with Crippen LogP contribution in [0.2, 0.25) is 0 Å². The van der Waals surface area contributed by atoms with Crippen LogP contribution in [-0.4, -0.2) is 121 Å². The van der Waals surface area contributed by atoms with Crippen LogP contribution in [0, 0.1) is 36.5 Å². The number of aromatic hydroxyl groups is 2. The van der Waals surface area contributed by atoms with E-state index in [1.807, 2.05) is 0 Å². The van der Waals surface area contributed by atoms with Gasteiger partial charge in [-0.05, 0) is 26.8 Å². The number of nitrogens with zero attached hydrogens (tertiary/aromatic N) is 3. The lowest BCUT2D eigenvalue weighted by molar-refractivity contribution is -0.172. The highest BCUT2D eigenvalue weighted by Crippen LogP contribution is 2.51. The van der Waals surface area contributed by atoms with E-state index in [1.165, 1.54) is 53.2 Å². The number of ketones is 1. The van der Waals surface area contributed by atoms with Crippen molar-refractivity contribution in [1.29, 1.82) is 0 Å². The molecule has 2 unspecified atom stereocenters. The number of ether oxygens (including phenoxy) is 4. The van der Waals surface area contributed by atoms with Crippen molar-refractivity contribution in [3.8, 4) is 17.2 Å². The molecule has 1 saturated heterocycles. The number of likely N-dealkylation sites (tertiary alicyclic amines) is 1. The monoisotopic (exact) mass is 1020 g/mol. The molecule has 1 fully saturated rings. The number of nitrogens with one attached hydrogen (secondary N) is 1. The van der Waals surface area contributed by atoms with Crippen LogP contribution in [-0.2, 0) is 28.6 Å². The molecule has 0 radical (unpaired) electrons. The largest absolute Gasteiger partial charge is 0.507 e. The molecule has 0 aliphatic carbocycles. The summed E-state index contributed by atoms with van der Waals surface area (Å²) in [6, 6.07) is 0. The Labute approximate surface area is 391 Å². The summed E-state index contributed by atoms with van der Waals surface area (Å²) >= 11 is 2.39. The highest BCUT2D eigenvalue weighted by Gasteiger charge is 2.51. The smallest absolute Gasteiger partial charge is 0.320 e. The second-order valence-electron chi connectivity index (χ2n) is 18.3. The second kappa shape index (κ2) is 19.3. The number of halogens is 1. The third-order valence-electron chi connectivity index (χ3n) is 13.5. The van der Waals surface area contributed by atoms with Gasteiger partial charge in [-0.3, -0.25) is 24.2 Å². The molecule has 0 saturated carbocycles. The van der Waals surface area contributed by atoms with Crippen molar-refractivity contribution in [1.82, 2.24) is 4.90 Å². The van der Waals surface area contributed by atoms with Crippen LogP contribution in [0.4, 0.5) is 5.69 Å². The second-order valence-corrected chi connectivity index (χ2v) is 20.4. The fourth-order valence-corrected chi connectivity index (χ4v) is 9.78. The number of aliphatic hydroxyl groups excluding tert-OH is 2. The third-order valence-corrected chi connectivity index (χ3v) is 13.9. The average Bonchev–Trinajstić information content (AvgIpc) is 3.76. The normalized spacial score (nSPS) is 32.2. The molecule has 6 N–H and O–H groups in total. The van der Waals surface area contributed by atoms with Gasteiger partial charge in [-0.15, -0.1) is 0 Å². The number of allylic oxidation sites excluding steroid dienone is 2. The van der Waals surface area contributed by atoms with E-state index in [1.54, 1.807) is 39.8 Å². The molecule has 11 atom stereocenters. The SMILES string of the molecule is CO[C@H]1/C=C/O[C@@]2(C)Oc3c(C)c(O)c4c(O)c(c5c(c4c3C2=O)NC2(CCN(CC(C)I)CC2)N=5)=NC(=O)/C(C)=C\C=C\[C@H](C)[C@H](O)[C@@H](C)[C@@H](O)[C@@H](C)[C@H](OC(=O)C(C)C(=O)O)[C@@H]1C. The van der Waals surface area contributed by atoms with E-state index >= 15 is 0 Å². The lowest BCUT2D eigenvalue weighted by Crippen LogP contribution is -2.47. The van der Waals surface area contributed by atoms with Crippen LogP contribution >= 0.6 is 22.6 Å². The first-order valence-corrected chi connectivity index (χ1v) is 23.2. The Balaban J connectivity index is 1.53. The van der Waals surface area contributed by atoms with Gasteiger partial charge in [-0.25, -0.2) is 4.99 Å². The minimum Gasteiger partial charge on any atom is -0.507 e. The Morgan fingerprint density at radius 3 is 2.26 bits per heavy atom. The summed E-state index contributed by atoms with van der Waals surface area (Å²) in [6.07, 6.45) is 3.98. The van der Waals surface area contributed by atoms with Crippen LogP contribution in [0.5, 0.6) is 17.2 Å². The number of phenols is 2. The molecule has 1 amide bonds. The molecule has 4 heterocycles. The van der Waals surface area contributed by atoms with Gasteiger partial charge in [-0.1, -0.05) is 75.4 Å². The van der Waals surface area contributed by atoms with Crippen LogP contribution in [0.1, 0.15) is 84.2 Å². The summed E-state index contributed by atoms with van der Waals surface area (Å²) in [5.74, 6) is -11.4. The summed E-state index contributed by atoms with van der Waals surface area (Å²) in [5.41, 5.74) is -0.315. The number of rotatable bonds is 6. The highest BCUT2D eigenvalue weighted by atomic mass is 127. The zero-order chi connectivity index (χ0) is 48.0. The molecule has 1 spiro atoms. The number of fused-ring (bicyclic) bond motifs is 1. The first-order chi connectivity index (χ1) is 30.5. The van der Waals surface area contributed by atoms with E-state index in [0.717, 1.165) is 6.54 Å². The number of Topliss-reactive ketones (excluding diaryl/α,β-unsaturated/α-hetero) is 1. The van der Waals surface area contributed by atoms with E-state index in [2.05, 4.69) is 44.7 Å². The first-order valence-electron chi connectivity index (χ1n) is 21.9. The molecule has 2 aromatic carbocycles. The van der Waals surface area contributed by atoms with E-state index in [0.29, 0.717) is 35.5 Å². The maximum Gasteiger partial charge on any atom is 0.320 e. The molecule has 354 valence electrons. The number of carbonyl (C=O) groups is 4. The van der Waals surface area contributed by atoms with Gasteiger partial charge in [0.05, 0.1) is 41.2 Å². The number of carboxylic acids is 1. The molecule has 18 heteroatoms. The number of carbonyl (C=O) groups excluding carboxylic acids is 3. The van der Waals surface area contributed by atoms with Crippen molar-refractivity contribution < 1.29 is 63.7 Å². The molecular weight excluding hydrogens is 955 g/mol. The Kier molecular flexibility index (Phi) is 14.8. The molecule has 17 nitrogen and oxygen atoms in total. The summed E-state index contributed by atoms with van der Waals surface area (Å²) in [5, 5.41) is 60.2. The van der Waals surface area contributed by atoms with Gasteiger partial charge in [0.15, 0.2) is 11.7 Å². The lowest BCUT2D eigenvalue weighted by atomic mass is 9.78. The number of hydrogen-bond donors (Lipinski definition) is 6. The molecular formula is C47H61IN4O13. The highest BCUT2D eigenvalue weighted by molar-refractivity contribution is 14.1. The van der Waals surface area contributed by atoms with E-state index in [4.69, 9.17) is 23.9 Å². The van der Waals surface area contributed by atoms with Gasteiger partial charge in [0.2, 0.25) is 0 Å². The van der Waals surface area contributed by atoms with Crippen molar-refractivity contribution in [2.75, 3.05) is 32.1 Å². The number of alkyl halides is 1. The van der Waals surface area contributed by atoms with Gasteiger partial charge >= 0.3 is 17.7 Å². The topological polar surface area (TPSA) is 246 Å². The van der Waals surface area contributed by atoms with Crippen LogP contribution in [0.15, 0.2) is 46.1 Å². The third kappa shape index (κ3) is 9.51. The number of aliphatic carboxylic acids is 1. The molecule has 65 heavy (non-hydrogen) atoms. The number of methoxy groups -OCH3 is 1. The fraction of sp³-hybridized carbons (Fsp3) is 0.574. The number of esters is 1. The Hall–Kier alpha value is -4.63. The van der Waals surface area contributed by atoms with Crippen molar-refractivity contribution in [3.05, 3.63) is 58.0 Å². The lowest BCUT2D eigenvalue weighted by Gasteiger charge is -2.38. The number of phenolic OH excluding ortho intramolecular Hbond substituents is 2. The predicted molar refractivity (Wildman–Crippen MR) is 247 cm³/mol. The molecule has 4 aliphatic rings. The van der Waals surface area contributed by atoms with E-state index < -0.39 is 101 Å². The van der Waals surface area contributed by atoms with Crippen LogP contribution < -0.4 is 20.8 Å². The number of carboxylic acid groups (broad SMARTS) is 1. The number of aliphatic hydroxyl groups is 2. The Morgan fingerprint density at radius 2 is 1.65 bits per heavy atom. The zero-order valence-corrected chi connectivity index (χ0v) is 40.6. The van der Waals surface area contributed by atoms with Gasteiger partial charge in [0, 0.05) is 90.6 Å². The summed E-state index contributed by atoms with van der Waals surface area (Å²) in [4.78, 5) is 65.5. The number of hydrogen-bond acceptors (Lipinski definition) is 15. The molecule has 0 aromatic heterocycles. The number of anilines is 1. The Bertz CT molecular complexity index is 2460. The van der Waals surface area contributed by atoms with Crippen molar-refractivity contribution in [3.63, 3.8) is 0 Å². The van der Waals surface area contributed by atoms with Crippen molar-refractivity contribution in [2.24, 2.45) is 39.6 Å². The van der Waals surface area contributed by atoms with E-state index in [9.17, 15) is 44.7 Å².